The molecule has 1 amide bonds. The summed E-state index contributed by atoms with van der Waals surface area (Å²) in [6, 6.07) is 14.9. The molecule has 7 nitrogen and oxygen atoms in total. The number of anilines is 1. The Balaban J connectivity index is 1.37. The highest BCUT2D eigenvalue weighted by Gasteiger charge is 2.22. The lowest BCUT2D eigenvalue weighted by Gasteiger charge is -2.34. The Morgan fingerprint density at radius 3 is 2.45 bits per heavy atom. The third-order valence-electron chi connectivity index (χ3n) is 5.02. The number of nitrogens with two attached hydrogens (primary N) is 1. The van der Waals surface area contributed by atoms with Gasteiger partial charge in [-0.15, -0.1) is 0 Å². The van der Waals surface area contributed by atoms with Crippen LogP contribution in [0.25, 0.3) is 0 Å². The van der Waals surface area contributed by atoms with Gasteiger partial charge in [0.15, 0.2) is 6.61 Å². The van der Waals surface area contributed by atoms with E-state index < -0.39 is 5.97 Å². The fourth-order valence-corrected chi connectivity index (χ4v) is 3.19. The first-order valence-electron chi connectivity index (χ1n) is 9.75. The van der Waals surface area contributed by atoms with Crippen molar-refractivity contribution in [3.05, 3.63) is 59.7 Å². The molecule has 0 saturated carbocycles. The molecule has 0 atom stereocenters. The lowest BCUT2D eigenvalue weighted by atomic mass is 10.1. The van der Waals surface area contributed by atoms with Gasteiger partial charge >= 0.3 is 5.97 Å². The molecule has 1 aliphatic heterocycles. The van der Waals surface area contributed by atoms with Crippen molar-refractivity contribution in [2.24, 2.45) is 0 Å². The van der Waals surface area contributed by atoms with Gasteiger partial charge in [0.2, 0.25) is 0 Å². The largest absolute Gasteiger partial charge is 0.492 e. The first kappa shape index (κ1) is 20.7. The van der Waals surface area contributed by atoms with Gasteiger partial charge in [0.05, 0.1) is 5.56 Å². The molecule has 1 fully saturated rings. The summed E-state index contributed by atoms with van der Waals surface area (Å²) in [5, 5.41) is 0. The fraction of sp³-hybridized carbons (Fsp3) is 0.364. The summed E-state index contributed by atoms with van der Waals surface area (Å²) < 4.78 is 10.9. The lowest BCUT2D eigenvalue weighted by molar-refractivity contribution is -0.136. The molecule has 1 saturated heterocycles. The quantitative estimate of drug-likeness (QED) is 0.568. The monoisotopic (exact) mass is 397 g/mol. The number of hydrogen-bond donors (Lipinski definition) is 1. The average Bonchev–Trinajstić information content (AvgIpc) is 2.75. The molecule has 1 heterocycles. The van der Waals surface area contributed by atoms with Crippen LogP contribution in [0.15, 0.2) is 48.5 Å². The zero-order valence-electron chi connectivity index (χ0n) is 16.7. The van der Waals surface area contributed by atoms with E-state index in [1.165, 1.54) is 0 Å². The third-order valence-corrected chi connectivity index (χ3v) is 5.02. The summed E-state index contributed by atoms with van der Waals surface area (Å²) in [6.45, 7) is 5.70. The van der Waals surface area contributed by atoms with E-state index in [0.717, 1.165) is 30.9 Å². The van der Waals surface area contributed by atoms with Crippen LogP contribution in [-0.2, 0) is 9.53 Å². The van der Waals surface area contributed by atoms with Gasteiger partial charge in [-0.1, -0.05) is 30.3 Å². The minimum Gasteiger partial charge on any atom is -0.492 e. The van der Waals surface area contributed by atoms with Gasteiger partial charge in [-0.3, -0.25) is 9.69 Å². The number of carbonyl (C=O) groups excluding carboxylic acids is 2. The number of ether oxygens (including phenoxy) is 2. The first-order valence-corrected chi connectivity index (χ1v) is 9.75. The molecule has 3 rings (SSSR count). The van der Waals surface area contributed by atoms with Crippen LogP contribution in [0.2, 0.25) is 0 Å². The maximum atomic E-state index is 12.4. The van der Waals surface area contributed by atoms with E-state index in [4.69, 9.17) is 15.2 Å². The number of hydrogen-bond acceptors (Lipinski definition) is 6. The SMILES string of the molecule is Cc1cccc(C(=O)OCC(=O)N2CCN(CCOc3ccccc3)CC2)c1N. The minimum absolute atomic E-state index is 0.190. The number of aryl methyl sites for hydroxylation is 1. The number of amides is 1. The van der Waals surface area contributed by atoms with Gasteiger partial charge in [-0.2, -0.15) is 0 Å². The summed E-state index contributed by atoms with van der Waals surface area (Å²) in [4.78, 5) is 28.5. The molecular formula is C22H27N3O4. The van der Waals surface area contributed by atoms with Crippen LogP contribution in [0.4, 0.5) is 5.69 Å². The Morgan fingerprint density at radius 2 is 1.72 bits per heavy atom. The van der Waals surface area contributed by atoms with Crippen molar-refractivity contribution >= 4 is 17.6 Å². The summed E-state index contributed by atoms with van der Waals surface area (Å²) in [7, 11) is 0. The second-order valence-electron chi connectivity index (χ2n) is 7.00. The number of benzene rings is 2. The van der Waals surface area contributed by atoms with Crippen molar-refractivity contribution in [2.75, 3.05) is 51.7 Å². The van der Waals surface area contributed by atoms with Crippen LogP contribution in [0, 0.1) is 6.92 Å². The number of carbonyl (C=O) groups is 2. The first-order chi connectivity index (χ1) is 14.0. The molecule has 0 bridgehead atoms. The molecular weight excluding hydrogens is 370 g/mol. The normalized spacial score (nSPS) is 14.4. The number of rotatable bonds is 7. The maximum absolute atomic E-state index is 12.4. The zero-order valence-corrected chi connectivity index (χ0v) is 16.7. The van der Waals surface area contributed by atoms with E-state index in [1.807, 2.05) is 43.3 Å². The Kier molecular flexibility index (Phi) is 7.08. The van der Waals surface area contributed by atoms with E-state index in [9.17, 15) is 9.59 Å². The standard InChI is InChI=1S/C22H27N3O4/c1-17-6-5-9-19(21(17)23)22(27)29-16-20(26)25-12-10-24(11-13-25)14-15-28-18-7-3-2-4-8-18/h2-9H,10-16,23H2,1H3. The summed E-state index contributed by atoms with van der Waals surface area (Å²) in [5.41, 5.74) is 7.40. The highest BCUT2D eigenvalue weighted by molar-refractivity contribution is 5.96. The van der Waals surface area contributed by atoms with Crippen molar-refractivity contribution < 1.29 is 19.1 Å². The highest BCUT2D eigenvalue weighted by Crippen LogP contribution is 2.17. The van der Waals surface area contributed by atoms with E-state index in [2.05, 4.69) is 4.90 Å². The van der Waals surface area contributed by atoms with E-state index in [0.29, 0.717) is 30.9 Å². The molecule has 1 aliphatic rings. The number of piperazine rings is 1. The smallest absolute Gasteiger partial charge is 0.340 e. The van der Waals surface area contributed by atoms with Crippen LogP contribution >= 0.6 is 0 Å². The van der Waals surface area contributed by atoms with E-state index >= 15 is 0 Å². The molecule has 0 aromatic heterocycles. The minimum atomic E-state index is -0.573. The van der Waals surface area contributed by atoms with Gasteiger partial charge in [0.1, 0.15) is 12.4 Å². The highest BCUT2D eigenvalue weighted by atomic mass is 16.5. The molecule has 2 aromatic rings. The molecule has 7 heteroatoms. The van der Waals surface area contributed by atoms with Crippen LogP contribution < -0.4 is 10.5 Å². The Morgan fingerprint density at radius 1 is 1.00 bits per heavy atom. The van der Waals surface area contributed by atoms with Crippen LogP contribution in [0.3, 0.4) is 0 Å². The predicted octanol–water partition coefficient (Wildman–Crippen LogP) is 1.96. The molecule has 0 unspecified atom stereocenters. The van der Waals surface area contributed by atoms with Crippen molar-refractivity contribution in [1.82, 2.24) is 9.80 Å². The average molecular weight is 397 g/mol. The van der Waals surface area contributed by atoms with Crippen LogP contribution in [0.1, 0.15) is 15.9 Å². The molecule has 154 valence electrons. The van der Waals surface area contributed by atoms with Crippen LogP contribution in [0.5, 0.6) is 5.75 Å². The summed E-state index contributed by atoms with van der Waals surface area (Å²) in [5.74, 6) is 0.0957. The summed E-state index contributed by atoms with van der Waals surface area (Å²) in [6.07, 6.45) is 0. The molecule has 2 N–H and O–H groups in total. The molecule has 0 radical (unpaired) electrons. The summed E-state index contributed by atoms with van der Waals surface area (Å²) >= 11 is 0. The number of para-hydroxylation sites is 2. The molecule has 0 spiro atoms. The van der Waals surface area contributed by atoms with Gasteiger partial charge < -0.3 is 20.1 Å². The lowest BCUT2D eigenvalue weighted by Crippen LogP contribution is -2.50. The second-order valence-corrected chi connectivity index (χ2v) is 7.00. The third kappa shape index (κ3) is 5.71. The fourth-order valence-electron chi connectivity index (χ4n) is 3.19. The van der Waals surface area contributed by atoms with Gasteiger partial charge in [-0.25, -0.2) is 4.79 Å². The predicted molar refractivity (Wildman–Crippen MR) is 111 cm³/mol. The second kappa shape index (κ2) is 9.93. The Hall–Kier alpha value is -3.06. The maximum Gasteiger partial charge on any atom is 0.340 e. The van der Waals surface area contributed by atoms with Crippen molar-refractivity contribution in [2.45, 2.75) is 6.92 Å². The topological polar surface area (TPSA) is 85.1 Å². The van der Waals surface area contributed by atoms with Gasteiger partial charge in [0.25, 0.3) is 5.91 Å². The zero-order chi connectivity index (χ0) is 20.6. The van der Waals surface area contributed by atoms with Gasteiger partial charge in [-0.05, 0) is 30.7 Å². The molecule has 0 aliphatic carbocycles. The molecule has 2 aromatic carbocycles. The number of esters is 1. The van der Waals surface area contributed by atoms with Crippen LogP contribution in [-0.4, -0.2) is 67.6 Å². The van der Waals surface area contributed by atoms with E-state index in [1.54, 1.807) is 17.0 Å². The van der Waals surface area contributed by atoms with Gasteiger partial charge in [0, 0.05) is 38.4 Å². The van der Waals surface area contributed by atoms with Crippen molar-refractivity contribution in [3.8, 4) is 5.75 Å². The Bertz CT molecular complexity index is 833. The number of nitrogens with zero attached hydrogens (tertiary/aromatic N) is 2. The van der Waals surface area contributed by atoms with Crippen molar-refractivity contribution in [1.29, 1.82) is 0 Å². The van der Waals surface area contributed by atoms with E-state index in [-0.39, 0.29) is 12.5 Å². The number of nitrogen functional groups attached to an aromatic ring is 1. The Labute approximate surface area is 171 Å². The van der Waals surface area contributed by atoms with Crippen molar-refractivity contribution in [3.63, 3.8) is 0 Å². The molecule has 29 heavy (non-hydrogen) atoms.